The van der Waals surface area contributed by atoms with Gasteiger partial charge in [0.05, 0.1) is 11.4 Å². The molecule has 2 aromatic carbocycles. The van der Waals surface area contributed by atoms with Gasteiger partial charge in [0.2, 0.25) is 0 Å². The van der Waals surface area contributed by atoms with E-state index in [2.05, 4.69) is 12.2 Å². The van der Waals surface area contributed by atoms with Crippen LogP contribution in [0.4, 0.5) is 11.4 Å². The lowest BCUT2D eigenvalue weighted by Crippen LogP contribution is -2.18. The third-order valence-corrected chi connectivity index (χ3v) is 3.79. The van der Waals surface area contributed by atoms with Crippen molar-refractivity contribution in [3.63, 3.8) is 0 Å². The van der Waals surface area contributed by atoms with Crippen molar-refractivity contribution in [2.75, 3.05) is 23.9 Å². The Morgan fingerprint density at radius 3 is 2.50 bits per heavy atom. The highest BCUT2D eigenvalue weighted by Crippen LogP contribution is 2.23. The molecule has 0 heterocycles. The molecule has 2 rings (SSSR count). The third kappa shape index (κ3) is 3.93. The van der Waals surface area contributed by atoms with Gasteiger partial charge < -0.3 is 5.32 Å². The first-order valence-corrected chi connectivity index (χ1v) is 7.86. The summed E-state index contributed by atoms with van der Waals surface area (Å²) in [6, 6.07) is 13.4. The van der Waals surface area contributed by atoms with Gasteiger partial charge in [-0.25, -0.2) is 0 Å². The standard InChI is InChI=1S/C17H19Cl2N3/c1-4-22(15-7-5-6-13(18)10-15)21-12(2)16-11-14(19)8-9-17(16)20-3/h5-11,20H,4H2,1-3H3/b21-12-. The largest absolute Gasteiger partial charge is 0.388 e. The van der Waals surface area contributed by atoms with Gasteiger partial charge in [-0.3, -0.25) is 5.01 Å². The van der Waals surface area contributed by atoms with Crippen LogP contribution >= 0.6 is 23.2 Å². The smallest absolute Gasteiger partial charge is 0.0672 e. The quantitative estimate of drug-likeness (QED) is 0.594. The summed E-state index contributed by atoms with van der Waals surface area (Å²) in [6.07, 6.45) is 0. The molecule has 5 heteroatoms. The zero-order chi connectivity index (χ0) is 16.1. The van der Waals surface area contributed by atoms with Crippen molar-refractivity contribution in [3.05, 3.63) is 58.1 Å². The minimum absolute atomic E-state index is 0.689. The van der Waals surface area contributed by atoms with Crippen LogP contribution in [0.5, 0.6) is 0 Å². The highest BCUT2D eigenvalue weighted by atomic mass is 35.5. The molecule has 0 amide bonds. The van der Waals surface area contributed by atoms with E-state index in [-0.39, 0.29) is 0 Å². The predicted octanol–water partition coefficient (Wildman–Crippen LogP) is 5.29. The van der Waals surface area contributed by atoms with Gasteiger partial charge in [0.1, 0.15) is 0 Å². The van der Waals surface area contributed by atoms with Crippen molar-refractivity contribution in [1.29, 1.82) is 0 Å². The summed E-state index contributed by atoms with van der Waals surface area (Å²) < 4.78 is 0. The maximum atomic E-state index is 6.11. The lowest BCUT2D eigenvalue weighted by molar-refractivity contribution is 0.892. The van der Waals surface area contributed by atoms with Gasteiger partial charge >= 0.3 is 0 Å². The summed E-state index contributed by atoms with van der Waals surface area (Å²) >= 11 is 12.2. The van der Waals surface area contributed by atoms with Crippen molar-refractivity contribution >= 4 is 40.3 Å². The van der Waals surface area contributed by atoms with Crippen LogP contribution in [0.3, 0.4) is 0 Å². The van der Waals surface area contributed by atoms with Gasteiger partial charge in [-0.1, -0.05) is 29.3 Å². The Kier molecular flexibility index (Phi) is 5.69. The van der Waals surface area contributed by atoms with Gasteiger partial charge in [-0.2, -0.15) is 5.10 Å². The minimum Gasteiger partial charge on any atom is -0.388 e. The number of nitrogens with one attached hydrogen (secondary N) is 1. The molecule has 0 radical (unpaired) electrons. The summed E-state index contributed by atoms with van der Waals surface area (Å²) in [7, 11) is 1.88. The third-order valence-electron chi connectivity index (χ3n) is 3.32. The maximum absolute atomic E-state index is 6.11. The summed E-state index contributed by atoms with van der Waals surface area (Å²) in [5.74, 6) is 0. The molecular formula is C17H19Cl2N3. The number of hydrogen-bond donors (Lipinski definition) is 1. The van der Waals surface area contributed by atoms with Crippen molar-refractivity contribution in [2.45, 2.75) is 13.8 Å². The Bertz CT molecular complexity index is 683. The van der Waals surface area contributed by atoms with Gasteiger partial charge in [0.15, 0.2) is 0 Å². The monoisotopic (exact) mass is 335 g/mol. The van der Waals surface area contributed by atoms with E-state index in [0.29, 0.717) is 10.0 Å². The molecule has 0 saturated heterocycles. The molecule has 0 aliphatic carbocycles. The summed E-state index contributed by atoms with van der Waals surface area (Å²) in [5.41, 5.74) is 3.82. The van der Waals surface area contributed by atoms with E-state index >= 15 is 0 Å². The molecular weight excluding hydrogens is 317 g/mol. The van der Waals surface area contributed by atoms with Gasteiger partial charge in [0.25, 0.3) is 0 Å². The number of halogens is 2. The van der Waals surface area contributed by atoms with Crippen molar-refractivity contribution in [1.82, 2.24) is 0 Å². The van der Waals surface area contributed by atoms with Crippen molar-refractivity contribution in [2.24, 2.45) is 5.10 Å². The average Bonchev–Trinajstić information content (AvgIpc) is 2.52. The second-order valence-corrected chi connectivity index (χ2v) is 5.69. The van der Waals surface area contributed by atoms with Crippen LogP contribution in [-0.2, 0) is 0 Å². The molecule has 0 unspecified atom stereocenters. The average molecular weight is 336 g/mol. The fourth-order valence-corrected chi connectivity index (χ4v) is 2.57. The van der Waals surface area contributed by atoms with E-state index in [9.17, 15) is 0 Å². The molecule has 0 fully saturated rings. The molecule has 116 valence electrons. The molecule has 0 atom stereocenters. The lowest BCUT2D eigenvalue weighted by Gasteiger charge is -2.19. The van der Waals surface area contributed by atoms with Crippen LogP contribution in [0, 0.1) is 0 Å². The Labute approximate surface area is 141 Å². The first-order valence-electron chi connectivity index (χ1n) is 7.11. The van der Waals surface area contributed by atoms with Crippen molar-refractivity contribution < 1.29 is 0 Å². The van der Waals surface area contributed by atoms with E-state index in [1.165, 1.54) is 0 Å². The summed E-state index contributed by atoms with van der Waals surface area (Å²) in [6.45, 7) is 4.77. The molecule has 22 heavy (non-hydrogen) atoms. The number of anilines is 2. The van der Waals surface area contributed by atoms with E-state index in [0.717, 1.165) is 29.2 Å². The fourth-order valence-electron chi connectivity index (χ4n) is 2.22. The molecule has 2 aromatic rings. The van der Waals surface area contributed by atoms with Crippen LogP contribution in [0.25, 0.3) is 0 Å². The SMILES string of the molecule is CCN(/N=C(/C)c1cc(Cl)ccc1NC)c1cccc(Cl)c1. The Morgan fingerprint density at radius 1 is 1.14 bits per heavy atom. The summed E-state index contributed by atoms with van der Waals surface area (Å²) in [4.78, 5) is 0. The van der Waals surface area contributed by atoms with Gasteiger partial charge in [-0.15, -0.1) is 0 Å². The minimum atomic E-state index is 0.689. The number of benzene rings is 2. The zero-order valence-corrected chi connectivity index (χ0v) is 14.4. The Morgan fingerprint density at radius 2 is 1.86 bits per heavy atom. The van der Waals surface area contributed by atoms with E-state index < -0.39 is 0 Å². The zero-order valence-electron chi connectivity index (χ0n) is 12.9. The van der Waals surface area contributed by atoms with Crippen LogP contribution in [0.15, 0.2) is 47.6 Å². The van der Waals surface area contributed by atoms with Crippen LogP contribution in [0.2, 0.25) is 10.0 Å². The Hall–Kier alpha value is -1.71. The second kappa shape index (κ2) is 7.52. The van der Waals surface area contributed by atoms with Crippen LogP contribution in [-0.4, -0.2) is 19.3 Å². The number of hydrazone groups is 1. The first kappa shape index (κ1) is 16.7. The van der Waals surface area contributed by atoms with E-state index in [1.54, 1.807) is 0 Å². The number of hydrogen-bond acceptors (Lipinski definition) is 3. The fraction of sp³-hybridized carbons (Fsp3) is 0.235. The Balaban J connectivity index is 2.39. The molecule has 3 nitrogen and oxygen atoms in total. The normalized spacial score (nSPS) is 11.4. The molecule has 0 saturated carbocycles. The van der Waals surface area contributed by atoms with Crippen LogP contribution < -0.4 is 10.3 Å². The molecule has 0 spiro atoms. The molecule has 0 bridgehead atoms. The van der Waals surface area contributed by atoms with E-state index in [1.807, 2.05) is 61.4 Å². The van der Waals surface area contributed by atoms with Gasteiger partial charge in [-0.05, 0) is 50.2 Å². The highest BCUT2D eigenvalue weighted by Gasteiger charge is 2.09. The predicted molar refractivity (Wildman–Crippen MR) is 97.7 cm³/mol. The second-order valence-electron chi connectivity index (χ2n) is 4.82. The topological polar surface area (TPSA) is 27.6 Å². The number of nitrogens with zero attached hydrogens (tertiary/aromatic N) is 2. The highest BCUT2D eigenvalue weighted by molar-refractivity contribution is 6.31. The van der Waals surface area contributed by atoms with Gasteiger partial charge in [0, 0.05) is 34.9 Å². The molecule has 0 aliphatic heterocycles. The first-order chi connectivity index (χ1) is 10.5. The van der Waals surface area contributed by atoms with Crippen LogP contribution in [0.1, 0.15) is 19.4 Å². The lowest BCUT2D eigenvalue weighted by atomic mass is 10.1. The van der Waals surface area contributed by atoms with Crippen molar-refractivity contribution in [3.8, 4) is 0 Å². The molecule has 0 aromatic heterocycles. The maximum Gasteiger partial charge on any atom is 0.0672 e. The molecule has 0 aliphatic rings. The van der Waals surface area contributed by atoms with E-state index in [4.69, 9.17) is 28.3 Å². The molecule has 1 N–H and O–H groups in total. The number of rotatable bonds is 5. The summed E-state index contributed by atoms with van der Waals surface area (Å²) in [5, 5.41) is 11.2.